The van der Waals surface area contributed by atoms with Crippen LogP contribution in [0.4, 0.5) is 63.6 Å². The highest BCUT2D eigenvalue weighted by Crippen LogP contribution is 2.38. The standard InChI is InChI=1S/C35H26Cl2N14O16S5/c36-30-44-33(48-34(45-30)42-19-5-7-27(70(59,60)61)25(12-19)43-35-47-31(37)46-32(49-35)40-17-2-1-3-20(10-17)68(53,54)55)41-18-4-6-23(24(11-18)38-15-39-52)50-51-26-14-22-16(9-29(26)72(65,66)67)8-21(69(56,57)58)13-28(22)71(62,63)64/h1-14,38H,15H2,(H,53,54,55)(H,56,57,58)(H,59,60,61)(H,62,63,64)(H,65,66,67)(H2,40,43,46,47,49)(H2,41,42,44,45,48). The average molecular weight is 1130 g/mol. The van der Waals surface area contributed by atoms with E-state index >= 15 is 0 Å². The van der Waals surface area contributed by atoms with Gasteiger partial charge in [0.15, 0.2) is 0 Å². The van der Waals surface area contributed by atoms with E-state index < -0.39 is 109 Å². The summed E-state index contributed by atoms with van der Waals surface area (Å²) in [5, 5.41) is 22.2. The summed E-state index contributed by atoms with van der Waals surface area (Å²) in [7, 11) is -25.1. The van der Waals surface area contributed by atoms with Crippen molar-refractivity contribution in [1.82, 2.24) is 29.9 Å². The number of nitroso groups, excluding NO2 is 1. The lowest BCUT2D eigenvalue weighted by Crippen LogP contribution is -2.09. The molecule has 0 amide bonds. The molecule has 0 fully saturated rings. The largest absolute Gasteiger partial charge is 0.362 e. The van der Waals surface area contributed by atoms with E-state index in [0.717, 1.165) is 30.3 Å². The zero-order chi connectivity index (χ0) is 52.6. The van der Waals surface area contributed by atoms with Crippen LogP contribution < -0.4 is 26.6 Å². The number of nitrogens with zero attached hydrogens (tertiary/aromatic N) is 9. The topological polar surface area (TPSA) is 463 Å². The maximum atomic E-state index is 12.4. The number of hydrogen-bond acceptors (Lipinski definition) is 25. The van der Waals surface area contributed by atoms with Crippen LogP contribution in [0.15, 0.2) is 125 Å². The Morgan fingerprint density at radius 2 is 0.958 bits per heavy atom. The minimum atomic E-state index is -5.25. The van der Waals surface area contributed by atoms with Crippen LogP contribution in [-0.2, 0) is 50.6 Å². The Balaban J connectivity index is 1.17. The molecule has 5 aromatic carbocycles. The van der Waals surface area contributed by atoms with Crippen LogP contribution in [0.2, 0.25) is 10.6 Å². The Bertz CT molecular complexity index is 3990. The zero-order valence-corrected chi connectivity index (χ0v) is 40.4. The molecule has 0 atom stereocenters. The summed E-state index contributed by atoms with van der Waals surface area (Å²) in [5.74, 6) is -1.14. The molecule has 30 nitrogen and oxygen atoms in total. The van der Waals surface area contributed by atoms with Gasteiger partial charge in [0.1, 0.15) is 32.7 Å². The maximum Gasteiger partial charge on any atom is 0.296 e. The number of fused-ring (bicyclic) bond motifs is 1. The highest BCUT2D eigenvalue weighted by Gasteiger charge is 2.25. The van der Waals surface area contributed by atoms with Crippen molar-refractivity contribution >= 4 is 148 Å². The van der Waals surface area contributed by atoms with Crippen molar-refractivity contribution < 1.29 is 64.9 Å². The Morgan fingerprint density at radius 1 is 0.458 bits per heavy atom. The first-order valence-corrected chi connectivity index (χ1v) is 26.7. The van der Waals surface area contributed by atoms with Crippen molar-refractivity contribution in [3.8, 4) is 0 Å². The van der Waals surface area contributed by atoms with Crippen molar-refractivity contribution in [2.24, 2.45) is 15.4 Å². The van der Waals surface area contributed by atoms with Gasteiger partial charge >= 0.3 is 0 Å². The number of nitrogens with one attached hydrogen (secondary N) is 5. The molecule has 0 aliphatic carbocycles. The second kappa shape index (κ2) is 20.1. The number of halogens is 2. The third-order valence-electron chi connectivity index (χ3n) is 9.04. The van der Waals surface area contributed by atoms with Crippen LogP contribution >= 0.6 is 23.2 Å². The monoisotopic (exact) mass is 1130 g/mol. The van der Waals surface area contributed by atoms with Gasteiger partial charge in [-0.1, -0.05) is 6.07 Å². The molecule has 0 saturated heterocycles. The van der Waals surface area contributed by atoms with Crippen LogP contribution in [0.5, 0.6) is 0 Å². The van der Waals surface area contributed by atoms with Crippen LogP contribution in [0, 0.1) is 4.91 Å². The molecule has 2 aromatic heterocycles. The summed E-state index contributed by atoms with van der Waals surface area (Å²) in [6, 6.07) is 14.6. The number of aromatic nitrogens is 6. The van der Waals surface area contributed by atoms with E-state index in [1.165, 1.54) is 36.4 Å². The van der Waals surface area contributed by atoms with Crippen LogP contribution in [-0.4, -0.2) is 101 Å². The first-order valence-electron chi connectivity index (χ1n) is 18.8. The fourth-order valence-electron chi connectivity index (χ4n) is 6.13. The van der Waals surface area contributed by atoms with E-state index in [9.17, 15) is 69.8 Å². The van der Waals surface area contributed by atoms with Gasteiger partial charge in [-0.3, -0.25) is 22.8 Å². The van der Waals surface area contributed by atoms with E-state index in [0.29, 0.717) is 18.2 Å². The quantitative estimate of drug-likeness (QED) is 0.0257. The van der Waals surface area contributed by atoms with E-state index in [1.807, 2.05) is 0 Å². The van der Waals surface area contributed by atoms with Crippen molar-refractivity contribution in [2.75, 3.05) is 33.3 Å². The number of rotatable bonds is 18. The van der Waals surface area contributed by atoms with Crippen LogP contribution in [0.1, 0.15) is 0 Å². The summed E-state index contributed by atoms with van der Waals surface area (Å²) in [6.45, 7) is -0.572. The lowest BCUT2D eigenvalue weighted by atomic mass is 10.1. The van der Waals surface area contributed by atoms with Crippen LogP contribution in [0.3, 0.4) is 0 Å². The SMILES string of the molecule is O=NCNc1cc(Nc2nc(Cl)nc(Nc3ccc(S(=O)(=O)O)c(Nc4nc(Cl)nc(Nc5cccc(S(=O)(=O)O)c5)n4)c3)n2)ccc1N=Nc1cc2c(S(=O)(=O)O)cc(S(=O)(=O)O)cc2cc1S(=O)(=O)O. The molecule has 7 aromatic rings. The van der Waals surface area contributed by atoms with Gasteiger partial charge in [-0.15, -0.1) is 15.1 Å². The fourth-order valence-corrected chi connectivity index (χ4v) is 9.59. The van der Waals surface area contributed by atoms with Crippen molar-refractivity contribution in [1.29, 1.82) is 0 Å². The minimum Gasteiger partial charge on any atom is -0.362 e. The summed E-state index contributed by atoms with van der Waals surface area (Å²) in [5.41, 5.74) is -0.947. The minimum absolute atomic E-state index is 0.0276. The number of anilines is 9. The molecule has 7 rings (SSSR count). The van der Waals surface area contributed by atoms with Gasteiger partial charge in [-0.2, -0.15) is 72.0 Å². The van der Waals surface area contributed by atoms with Crippen molar-refractivity contribution in [2.45, 2.75) is 24.5 Å². The molecule has 0 radical (unpaired) electrons. The molecule has 72 heavy (non-hydrogen) atoms. The predicted molar refractivity (Wildman–Crippen MR) is 254 cm³/mol. The highest BCUT2D eigenvalue weighted by molar-refractivity contribution is 7.87. The van der Waals surface area contributed by atoms with E-state index in [2.05, 4.69) is 71.9 Å². The van der Waals surface area contributed by atoms with Gasteiger partial charge in [-0.25, -0.2) is 0 Å². The normalized spacial score (nSPS) is 12.4. The summed E-state index contributed by atoms with van der Waals surface area (Å²) >= 11 is 12.3. The second-order valence-electron chi connectivity index (χ2n) is 14.0. The molecule has 0 aliphatic heterocycles. The zero-order valence-electron chi connectivity index (χ0n) is 34.8. The lowest BCUT2D eigenvalue weighted by Gasteiger charge is -2.14. The van der Waals surface area contributed by atoms with Gasteiger partial charge in [-0.05, 0) is 113 Å². The Hall–Kier alpha value is -7.29. The Morgan fingerprint density at radius 3 is 1.49 bits per heavy atom. The van der Waals surface area contributed by atoms with Gasteiger partial charge in [0.05, 0.1) is 21.2 Å². The van der Waals surface area contributed by atoms with Gasteiger partial charge in [0, 0.05) is 22.4 Å². The number of hydrogen-bond donors (Lipinski definition) is 10. The van der Waals surface area contributed by atoms with E-state index in [-0.39, 0.29) is 57.9 Å². The maximum absolute atomic E-state index is 12.4. The first-order chi connectivity index (χ1) is 33.5. The second-order valence-corrected chi connectivity index (χ2v) is 21.7. The molecule has 0 saturated carbocycles. The molecule has 0 unspecified atom stereocenters. The van der Waals surface area contributed by atoms with Crippen molar-refractivity contribution in [3.05, 3.63) is 100 Å². The smallest absolute Gasteiger partial charge is 0.296 e. The molecule has 0 spiro atoms. The van der Waals surface area contributed by atoms with Gasteiger partial charge in [0.2, 0.25) is 34.4 Å². The lowest BCUT2D eigenvalue weighted by molar-refractivity contribution is 0.479. The molecule has 0 aliphatic rings. The summed E-state index contributed by atoms with van der Waals surface area (Å²) in [6.07, 6.45) is 0. The molecule has 0 bridgehead atoms. The molecule has 37 heteroatoms. The summed E-state index contributed by atoms with van der Waals surface area (Å²) in [4.78, 5) is 31.0. The molecule has 376 valence electrons. The third kappa shape index (κ3) is 13.0. The van der Waals surface area contributed by atoms with E-state index in [4.69, 9.17) is 23.2 Å². The number of benzene rings is 5. The predicted octanol–water partition coefficient (Wildman–Crippen LogP) is 6.28. The molecular formula is C35H26Cl2N14O16S5. The summed E-state index contributed by atoms with van der Waals surface area (Å²) < 4.78 is 170. The Labute approximate surface area is 414 Å². The number of azo groups is 1. The fraction of sp³-hybridized carbons (Fsp3) is 0.0286. The molecular weight excluding hydrogens is 1100 g/mol. The van der Waals surface area contributed by atoms with E-state index in [1.54, 1.807) is 0 Å². The third-order valence-corrected chi connectivity index (χ3v) is 13.7. The van der Waals surface area contributed by atoms with Crippen molar-refractivity contribution in [3.63, 3.8) is 0 Å². The molecule has 2 heterocycles. The average Bonchev–Trinajstić information content (AvgIpc) is 3.25. The first kappa shape index (κ1) is 52.5. The molecule has 10 N–H and O–H groups in total. The Kier molecular flexibility index (Phi) is 14.6. The highest BCUT2D eigenvalue weighted by atomic mass is 35.5. The van der Waals surface area contributed by atoms with Crippen LogP contribution in [0.25, 0.3) is 10.8 Å². The van der Waals surface area contributed by atoms with Gasteiger partial charge in [0.25, 0.3) is 50.6 Å². The van der Waals surface area contributed by atoms with Gasteiger partial charge < -0.3 is 26.6 Å².